The van der Waals surface area contributed by atoms with Gasteiger partial charge >= 0.3 is 0 Å². The van der Waals surface area contributed by atoms with Gasteiger partial charge in [0.05, 0.1) is 43.0 Å². The Morgan fingerprint density at radius 3 is 1.52 bits per heavy atom. The monoisotopic (exact) mass is 518 g/mol. The quantitative estimate of drug-likeness (QED) is 0.361. The Bertz CT molecular complexity index is 937. The minimum atomic E-state index is -0.522. The van der Waals surface area contributed by atoms with Crippen LogP contribution in [0.25, 0.3) is 0 Å². The van der Waals surface area contributed by atoms with E-state index in [1.54, 1.807) is 50.2 Å². The van der Waals surface area contributed by atoms with Crippen molar-refractivity contribution in [2.45, 2.75) is 24.3 Å². The summed E-state index contributed by atoms with van der Waals surface area (Å²) >= 11 is 24.7. The number of hydrogen-bond donors (Lipinski definition) is 2. The average molecular weight is 520 g/mol. The number of thioether (sulfide) groups is 1. The van der Waals surface area contributed by atoms with Crippen LogP contribution < -0.4 is 10.9 Å². The molecule has 0 spiro atoms. The fourth-order valence-corrected chi connectivity index (χ4v) is 3.72. The number of halogens is 4. The second kappa shape index (κ2) is 12.3. The lowest BCUT2D eigenvalue weighted by Crippen LogP contribution is -2.33. The van der Waals surface area contributed by atoms with Crippen molar-refractivity contribution in [1.82, 2.24) is 10.9 Å². The Balaban J connectivity index is 1.80. The first-order chi connectivity index (χ1) is 14.7. The van der Waals surface area contributed by atoms with Crippen LogP contribution in [-0.4, -0.2) is 34.7 Å². The van der Waals surface area contributed by atoms with E-state index < -0.39 is 10.5 Å². The normalized spacial score (nSPS) is 13.4. The van der Waals surface area contributed by atoms with E-state index in [2.05, 4.69) is 21.1 Å². The van der Waals surface area contributed by atoms with Gasteiger partial charge in [-0.15, -0.1) is 11.8 Å². The Labute approximate surface area is 204 Å². The highest BCUT2D eigenvalue weighted by Crippen LogP contribution is 2.23. The number of rotatable bonds is 8. The largest absolute Gasteiger partial charge is 0.272 e. The van der Waals surface area contributed by atoms with E-state index in [1.807, 2.05) is 0 Å². The zero-order valence-electron chi connectivity index (χ0n) is 16.4. The Kier molecular flexibility index (Phi) is 10.1. The molecule has 2 aromatic carbocycles. The second-order valence-electron chi connectivity index (χ2n) is 6.24. The van der Waals surface area contributed by atoms with Crippen molar-refractivity contribution in [2.24, 2.45) is 10.2 Å². The summed E-state index contributed by atoms with van der Waals surface area (Å²) in [5, 5.41) is 8.40. The summed E-state index contributed by atoms with van der Waals surface area (Å²) in [6.45, 7) is 3.36. The summed E-state index contributed by atoms with van der Waals surface area (Å²) in [6, 6.07) is 9.96. The van der Waals surface area contributed by atoms with Crippen LogP contribution in [-0.2, 0) is 9.59 Å². The summed E-state index contributed by atoms with van der Waals surface area (Å²) in [5.41, 5.74) is 6.23. The van der Waals surface area contributed by atoms with E-state index in [-0.39, 0.29) is 11.8 Å². The van der Waals surface area contributed by atoms with Crippen molar-refractivity contribution in [1.29, 1.82) is 0 Å². The maximum absolute atomic E-state index is 12.2. The van der Waals surface area contributed by atoms with E-state index in [1.165, 1.54) is 24.2 Å². The molecule has 31 heavy (non-hydrogen) atoms. The van der Waals surface area contributed by atoms with Crippen molar-refractivity contribution in [2.75, 3.05) is 0 Å². The van der Waals surface area contributed by atoms with Crippen LogP contribution in [0, 0.1) is 0 Å². The van der Waals surface area contributed by atoms with Crippen LogP contribution in [0.15, 0.2) is 46.6 Å². The van der Waals surface area contributed by atoms with E-state index in [0.717, 1.165) is 0 Å². The molecule has 0 heterocycles. The third-order valence-electron chi connectivity index (χ3n) is 3.81. The van der Waals surface area contributed by atoms with Crippen LogP contribution in [0.1, 0.15) is 25.0 Å². The topological polar surface area (TPSA) is 82.9 Å². The average Bonchev–Trinajstić information content (AvgIpc) is 2.72. The van der Waals surface area contributed by atoms with Gasteiger partial charge in [0.2, 0.25) is 0 Å². The number of hydrogen-bond acceptors (Lipinski definition) is 5. The fraction of sp³-hybridized carbons (Fsp3) is 0.200. The zero-order chi connectivity index (χ0) is 23.0. The summed E-state index contributed by atoms with van der Waals surface area (Å²) in [4.78, 5) is 24.4. The zero-order valence-corrected chi connectivity index (χ0v) is 20.2. The number of hydrazone groups is 2. The Morgan fingerprint density at radius 1 is 0.774 bits per heavy atom. The molecule has 0 aliphatic rings. The van der Waals surface area contributed by atoms with Crippen molar-refractivity contribution in [3.8, 4) is 0 Å². The van der Waals surface area contributed by atoms with Gasteiger partial charge in [0.15, 0.2) is 0 Å². The lowest BCUT2D eigenvalue weighted by Gasteiger charge is -2.14. The van der Waals surface area contributed by atoms with Crippen LogP contribution in [0.3, 0.4) is 0 Å². The van der Waals surface area contributed by atoms with E-state index in [9.17, 15) is 9.59 Å². The van der Waals surface area contributed by atoms with Gasteiger partial charge in [-0.2, -0.15) is 10.2 Å². The van der Waals surface area contributed by atoms with Crippen molar-refractivity contribution in [3.05, 3.63) is 67.6 Å². The minimum Gasteiger partial charge on any atom is -0.272 e. The van der Waals surface area contributed by atoms with E-state index in [0.29, 0.717) is 31.2 Å². The predicted octanol–water partition coefficient (Wildman–Crippen LogP) is 5.41. The molecular formula is C20H18Cl4N4O2S. The molecule has 0 fully saturated rings. The number of amides is 2. The summed E-state index contributed by atoms with van der Waals surface area (Å²) in [7, 11) is 0. The van der Waals surface area contributed by atoms with Crippen molar-refractivity contribution >= 4 is 82.4 Å². The molecule has 2 aromatic rings. The molecule has 11 heteroatoms. The number of carbonyl (C=O) groups is 2. The molecule has 2 amide bonds. The highest BCUT2D eigenvalue weighted by molar-refractivity contribution is 8.01. The molecule has 2 N–H and O–H groups in total. The number of nitrogens with one attached hydrogen (secondary N) is 2. The van der Waals surface area contributed by atoms with Gasteiger partial charge in [-0.25, -0.2) is 10.9 Å². The molecule has 2 rings (SSSR count). The van der Waals surface area contributed by atoms with Gasteiger partial charge in [0.1, 0.15) is 0 Å². The molecule has 0 saturated carbocycles. The molecular weight excluding hydrogens is 502 g/mol. The van der Waals surface area contributed by atoms with Crippen molar-refractivity contribution in [3.63, 3.8) is 0 Å². The fourth-order valence-electron chi connectivity index (χ4n) is 2.14. The SMILES string of the molecule is C[C@H](S[C@@H](C)C(=O)N/N=C/c1ccc(Cl)c(Cl)c1)C(=O)N/N=C\c1ccc(Cl)c(Cl)c1. The Morgan fingerprint density at radius 2 is 1.16 bits per heavy atom. The number of benzene rings is 2. The highest BCUT2D eigenvalue weighted by atomic mass is 35.5. The van der Waals surface area contributed by atoms with Crippen LogP contribution >= 0.6 is 58.2 Å². The first-order valence-electron chi connectivity index (χ1n) is 8.88. The lowest BCUT2D eigenvalue weighted by atomic mass is 10.2. The van der Waals surface area contributed by atoms with E-state index in [4.69, 9.17) is 46.4 Å². The third kappa shape index (κ3) is 8.35. The molecule has 2 atom stereocenters. The molecule has 0 radical (unpaired) electrons. The Hall–Kier alpha value is -1.77. The lowest BCUT2D eigenvalue weighted by molar-refractivity contribution is -0.120. The molecule has 6 nitrogen and oxygen atoms in total. The molecule has 0 aliphatic heterocycles. The van der Waals surface area contributed by atoms with Crippen LogP contribution in [0.5, 0.6) is 0 Å². The maximum Gasteiger partial charge on any atom is 0.252 e. The molecule has 164 valence electrons. The summed E-state index contributed by atoms with van der Waals surface area (Å²) < 4.78 is 0. The van der Waals surface area contributed by atoms with Gasteiger partial charge in [-0.1, -0.05) is 58.5 Å². The highest BCUT2D eigenvalue weighted by Gasteiger charge is 2.21. The summed E-state index contributed by atoms with van der Waals surface area (Å²) in [5.74, 6) is -0.694. The minimum absolute atomic E-state index is 0.347. The maximum atomic E-state index is 12.2. The van der Waals surface area contributed by atoms with Gasteiger partial charge in [0, 0.05) is 0 Å². The van der Waals surface area contributed by atoms with Crippen molar-refractivity contribution < 1.29 is 9.59 Å². The van der Waals surface area contributed by atoms with Gasteiger partial charge in [-0.3, -0.25) is 9.59 Å². The first-order valence-corrected chi connectivity index (χ1v) is 11.3. The smallest absolute Gasteiger partial charge is 0.252 e. The third-order valence-corrected chi connectivity index (χ3v) is 6.53. The number of carbonyl (C=O) groups excluding carboxylic acids is 2. The van der Waals surface area contributed by atoms with E-state index >= 15 is 0 Å². The standard InChI is InChI=1S/C20H18Cl4N4O2S/c1-11(19(29)27-25-9-13-3-5-15(21)17(23)7-13)31-12(2)20(30)28-26-10-14-4-6-16(22)18(24)8-14/h3-12H,1-2H3,(H,27,29)(H,28,30)/b25-9-,26-10+/t11-,12-/m0/s1. The van der Waals surface area contributed by atoms with Gasteiger partial charge in [0.25, 0.3) is 11.8 Å². The molecule has 0 saturated heterocycles. The van der Waals surface area contributed by atoms with Gasteiger partial charge < -0.3 is 0 Å². The van der Waals surface area contributed by atoms with Gasteiger partial charge in [-0.05, 0) is 49.2 Å². The molecule has 0 aliphatic carbocycles. The first kappa shape index (κ1) is 25.5. The predicted molar refractivity (Wildman–Crippen MR) is 131 cm³/mol. The summed E-state index contributed by atoms with van der Waals surface area (Å²) in [6.07, 6.45) is 2.90. The molecule has 0 bridgehead atoms. The van der Waals surface area contributed by atoms with Crippen LogP contribution in [0.4, 0.5) is 0 Å². The molecule has 0 unspecified atom stereocenters. The second-order valence-corrected chi connectivity index (χ2v) is 9.55. The van der Waals surface area contributed by atoms with Crippen LogP contribution in [0.2, 0.25) is 20.1 Å². The number of nitrogens with zero attached hydrogens (tertiary/aromatic N) is 2. The molecule has 0 aromatic heterocycles.